The van der Waals surface area contributed by atoms with Gasteiger partial charge in [-0.05, 0) is 42.7 Å². The molecule has 0 N–H and O–H groups in total. The molecule has 0 atom stereocenters. The third-order valence-electron chi connectivity index (χ3n) is 3.71. The highest BCUT2D eigenvalue weighted by Gasteiger charge is 2.07. The Labute approximate surface area is 130 Å². The summed E-state index contributed by atoms with van der Waals surface area (Å²) in [7, 11) is 0. The molecule has 0 radical (unpaired) electrons. The SMILES string of the molecule is CCCCc1ccc(-c2nnn(-c3ccc(C)cc3)n2)cc1. The Morgan fingerprint density at radius 3 is 2.36 bits per heavy atom. The Hall–Kier alpha value is -2.49. The van der Waals surface area contributed by atoms with Crippen molar-refractivity contribution in [2.45, 2.75) is 33.1 Å². The van der Waals surface area contributed by atoms with Gasteiger partial charge in [0.15, 0.2) is 0 Å². The van der Waals surface area contributed by atoms with Crippen LogP contribution < -0.4 is 0 Å². The molecule has 112 valence electrons. The van der Waals surface area contributed by atoms with E-state index in [-0.39, 0.29) is 0 Å². The molecule has 0 amide bonds. The fourth-order valence-corrected chi connectivity index (χ4v) is 2.32. The Bertz CT molecular complexity index is 727. The van der Waals surface area contributed by atoms with Gasteiger partial charge in [-0.3, -0.25) is 0 Å². The molecule has 0 aliphatic carbocycles. The minimum Gasteiger partial charge on any atom is -0.130 e. The van der Waals surface area contributed by atoms with E-state index in [0.29, 0.717) is 5.82 Å². The van der Waals surface area contributed by atoms with Crippen LogP contribution in [-0.2, 0) is 6.42 Å². The largest absolute Gasteiger partial charge is 0.205 e. The van der Waals surface area contributed by atoms with Crippen molar-refractivity contribution in [2.75, 3.05) is 0 Å². The molecule has 3 rings (SSSR count). The molecule has 2 aromatic carbocycles. The van der Waals surface area contributed by atoms with Crippen molar-refractivity contribution >= 4 is 0 Å². The number of benzene rings is 2. The van der Waals surface area contributed by atoms with Crippen LogP contribution in [0.3, 0.4) is 0 Å². The molecule has 1 heterocycles. The molecule has 0 unspecified atom stereocenters. The van der Waals surface area contributed by atoms with Crippen LogP contribution in [0.15, 0.2) is 48.5 Å². The smallest absolute Gasteiger partial charge is 0.130 e. The molecule has 0 aliphatic rings. The van der Waals surface area contributed by atoms with Crippen LogP contribution in [-0.4, -0.2) is 20.2 Å². The van der Waals surface area contributed by atoms with E-state index in [1.807, 2.05) is 24.3 Å². The molecule has 0 spiro atoms. The van der Waals surface area contributed by atoms with Crippen molar-refractivity contribution in [2.24, 2.45) is 0 Å². The quantitative estimate of drug-likeness (QED) is 0.714. The van der Waals surface area contributed by atoms with Gasteiger partial charge in [-0.2, -0.15) is 0 Å². The Morgan fingerprint density at radius 2 is 1.68 bits per heavy atom. The first-order chi connectivity index (χ1) is 10.8. The maximum absolute atomic E-state index is 4.47. The molecule has 22 heavy (non-hydrogen) atoms. The molecule has 4 heteroatoms. The Morgan fingerprint density at radius 1 is 0.955 bits per heavy atom. The van der Waals surface area contributed by atoms with E-state index < -0.39 is 0 Å². The maximum atomic E-state index is 4.47. The maximum Gasteiger partial charge on any atom is 0.205 e. The normalized spacial score (nSPS) is 10.8. The minimum atomic E-state index is 0.655. The van der Waals surface area contributed by atoms with Crippen LogP contribution >= 0.6 is 0 Å². The summed E-state index contributed by atoms with van der Waals surface area (Å²) in [4.78, 5) is 1.57. The van der Waals surface area contributed by atoms with E-state index in [4.69, 9.17) is 0 Å². The molecular formula is C18H20N4. The van der Waals surface area contributed by atoms with Gasteiger partial charge in [0.25, 0.3) is 0 Å². The molecule has 4 nitrogen and oxygen atoms in total. The fourth-order valence-electron chi connectivity index (χ4n) is 2.32. The highest BCUT2D eigenvalue weighted by atomic mass is 15.6. The van der Waals surface area contributed by atoms with E-state index in [0.717, 1.165) is 17.7 Å². The first kappa shape index (κ1) is 14.4. The zero-order valence-corrected chi connectivity index (χ0v) is 13.0. The average Bonchev–Trinajstić information content (AvgIpc) is 3.04. The molecule has 3 aromatic rings. The summed E-state index contributed by atoms with van der Waals surface area (Å²) in [5.41, 5.74) is 4.49. The van der Waals surface area contributed by atoms with Gasteiger partial charge in [-0.1, -0.05) is 55.3 Å². The lowest BCUT2D eigenvalue weighted by Crippen LogP contribution is -1.98. The summed E-state index contributed by atoms with van der Waals surface area (Å²) >= 11 is 0. The number of hydrogen-bond acceptors (Lipinski definition) is 3. The topological polar surface area (TPSA) is 43.6 Å². The number of hydrogen-bond donors (Lipinski definition) is 0. The predicted octanol–water partition coefficient (Wildman–Crippen LogP) is 3.98. The number of aryl methyl sites for hydroxylation is 2. The molecule has 0 aliphatic heterocycles. The Kier molecular flexibility index (Phi) is 4.28. The molecule has 0 saturated carbocycles. The van der Waals surface area contributed by atoms with Crippen LogP contribution in [0, 0.1) is 6.92 Å². The first-order valence-corrected chi connectivity index (χ1v) is 7.72. The summed E-state index contributed by atoms with van der Waals surface area (Å²) in [6.07, 6.45) is 3.57. The monoisotopic (exact) mass is 292 g/mol. The van der Waals surface area contributed by atoms with Gasteiger partial charge in [0.2, 0.25) is 5.82 Å². The zero-order chi connectivity index (χ0) is 15.4. The predicted molar refractivity (Wildman–Crippen MR) is 87.9 cm³/mol. The summed E-state index contributed by atoms with van der Waals surface area (Å²) in [6.45, 7) is 4.27. The summed E-state index contributed by atoms with van der Waals surface area (Å²) < 4.78 is 0. The molecule has 0 fully saturated rings. The fraction of sp³-hybridized carbons (Fsp3) is 0.278. The lowest BCUT2D eigenvalue weighted by Gasteiger charge is -2.01. The van der Waals surface area contributed by atoms with Crippen molar-refractivity contribution in [3.8, 4) is 17.1 Å². The summed E-state index contributed by atoms with van der Waals surface area (Å²) in [6, 6.07) is 16.5. The number of nitrogens with zero attached hydrogens (tertiary/aromatic N) is 4. The first-order valence-electron chi connectivity index (χ1n) is 7.72. The van der Waals surface area contributed by atoms with E-state index in [9.17, 15) is 0 Å². The van der Waals surface area contributed by atoms with Gasteiger partial charge in [0.1, 0.15) is 0 Å². The van der Waals surface area contributed by atoms with Gasteiger partial charge in [0.05, 0.1) is 5.69 Å². The van der Waals surface area contributed by atoms with Gasteiger partial charge < -0.3 is 0 Å². The zero-order valence-electron chi connectivity index (χ0n) is 13.0. The standard InChI is InChI=1S/C18H20N4/c1-3-4-5-15-8-10-16(11-9-15)18-19-21-22(20-18)17-12-6-14(2)7-13-17/h6-13H,3-5H2,1-2H3. The van der Waals surface area contributed by atoms with Crippen molar-refractivity contribution in [1.82, 2.24) is 20.2 Å². The van der Waals surface area contributed by atoms with E-state index >= 15 is 0 Å². The van der Waals surface area contributed by atoms with Crippen LogP contribution in [0.5, 0.6) is 0 Å². The van der Waals surface area contributed by atoms with E-state index in [1.165, 1.54) is 24.0 Å². The lowest BCUT2D eigenvalue weighted by atomic mass is 10.1. The van der Waals surface area contributed by atoms with Crippen molar-refractivity contribution < 1.29 is 0 Å². The van der Waals surface area contributed by atoms with Crippen molar-refractivity contribution in [3.63, 3.8) is 0 Å². The van der Waals surface area contributed by atoms with E-state index in [2.05, 4.69) is 53.5 Å². The van der Waals surface area contributed by atoms with Gasteiger partial charge in [0, 0.05) is 5.56 Å². The number of unbranched alkanes of at least 4 members (excludes halogenated alkanes) is 1. The van der Waals surface area contributed by atoms with Crippen LogP contribution in [0.2, 0.25) is 0 Å². The number of rotatable bonds is 5. The van der Waals surface area contributed by atoms with Gasteiger partial charge in [-0.25, -0.2) is 0 Å². The average molecular weight is 292 g/mol. The lowest BCUT2D eigenvalue weighted by molar-refractivity contribution is 0.720. The Balaban J connectivity index is 1.79. The molecule has 0 bridgehead atoms. The van der Waals surface area contributed by atoms with Crippen LogP contribution in [0.25, 0.3) is 17.1 Å². The highest BCUT2D eigenvalue weighted by Crippen LogP contribution is 2.17. The molecule has 1 aromatic heterocycles. The third-order valence-corrected chi connectivity index (χ3v) is 3.71. The van der Waals surface area contributed by atoms with E-state index in [1.54, 1.807) is 4.80 Å². The van der Waals surface area contributed by atoms with Gasteiger partial charge >= 0.3 is 0 Å². The molecule has 0 saturated heterocycles. The van der Waals surface area contributed by atoms with Crippen molar-refractivity contribution in [1.29, 1.82) is 0 Å². The minimum absolute atomic E-state index is 0.655. The third kappa shape index (κ3) is 3.22. The summed E-state index contributed by atoms with van der Waals surface area (Å²) in [5, 5.41) is 12.8. The van der Waals surface area contributed by atoms with Crippen molar-refractivity contribution in [3.05, 3.63) is 59.7 Å². The second-order valence-corrected chi connectivity index (χ2v) is 5.54. The number of tetrazole rings is 1. The second kappa shape index (κ2) is 6.52. The summed E-state index contributed by atoms with van der Waals surface area (Å²) in [5.74, 6) is 0.655. The van der Waals surface area contributed by atoms with Gasteiger partial charge in [-0.15, -0.1) is 15.0 Å². The molecular weight excluding hydrogens is 272 g/mol. The van der Waals surface area contributed by atoms with Crippen LogP contribution in [0.1, 0.15) is 30.9 Å². The number of aromatic nitrogens is 4. The second-order valence-electron chi connectivity index (χ2n) is 5.54. The highest BCUT2D eigenvalue weighted by molar-refractivity contribution is 5.54. The van der Waals surface area contributed by atoms with Crippen LogP contribution in [0.4, 0.5) is 0 Å².